The van der Waals surface area contributed by atoms with Crippen LogP contribution in [0.25, 0.3) is 0 Å². The van der Waals surface area contributed by atoms with Crippen molar-refractivity contribution in [1.82, 2.24) is 10.2 Å². The number of aldehydes is 1. The van der Waals surface area contributed by atoms with Crippen molar-refractivity contribution in [3.63, 3.8) is 0 Å². The van der Waals surface area contributed by atoms with Crippen LogP contribution < -0.4 is 5.32 Å². The molecule has 4 rings (SSSR count). The van der Waals surface area contributed by atoms with Crippen LogP contribution >= 0.6 is 0 Å². The van der Waals surface area contributed by atoms with Gasteiger partial charge >= 0.3 is 0 Å². The molecule has 2 N–H and O–H groups in total. The quantitative estimate of drug-likeness (QED) is 0.497. The standard InChI is InChI=1S/C23H25N3O2.C3H8.CH4O/c1-3-20(22(28)26-16(2)23(11-12-23)13-19(26)15-27)24-14-18-9-10-21(25-18)17-7-5-4-6-8-17;1-3-2;1-2/h3-9,15,19,24H,2,10-14H2,1H3;3H2,1-2H3;2H,1H3/b20-3+;;. The Hall–Kier alpha value is -2.99. The van der Waals surface area contributed by atoms with Gasteiger partial charge in [0.1, 0.15) is 6.29 Å². The summed E-state index contributed by atoms with van der Waals surface area (Å²) in [6, 6.07) is 9.69. The summed E-state index contributed by atoms with van der Waals surface area (Å²) >= 11 is 0. The van der Waals surface area contributed by atoms with Crippen molar-refractivity contribution in [3.05, 3.63) is 71.7 Å². The van der Waals surface area contributed by atoms with Crippen LogP contribution in [0, 0.1) is 5.41 Å². The third-order valence-corrected chi connectivity index (χ3v) is 5.96. The zero-order valence-corrected chi connectivity index (χ0v) is 20.3. The lowest BCUT2D eigenvalue weighted by Crippen LogP contribution is -2.39. The second kappa shape index (κ2) is 12.3. The Morgan fingerprint density at radius 2 is 1.91 bits per heavy atom. The predicted octanol–water partition coefficient (Wildman–Crippen LogP) is 4.38. The first-order chi connectivity index (χ1) is 16.0. The number of allylic oxidation sites excluding steroid dienone is 3. The minimum Gasteiger partial charge on any atom is -0.400 e. The summed E-state index contributed by atoms with van der Waals surface area (Å²) in [6.45, 7) is 10.7. The zero-order chi connectivity index (χ0) is 24.4. The Kier molecular flexibility index (Phi) is 9.79. The van der Waals surface area contributed by atoms with E-state index >= 15 is 0 Å². The normalized spacial score (nSPS) is 20.2. The van der Waals surface area contributed by atoms with E-state index in [1.807, 2.05) is 25.1 Å². The Labute approximate surface area is 197 Å². The SMILES string of the molecule is C=C1N(C(=O)/C(=C\C)NCC2=CCC(c3ccccc3)=N2)C(C=O)CC12CC2.CCC.CO. The lowest BCUT2D eigenvalue weighted by atomic mass is 10.0. The molecule has 0 bridgehead atoms. The van der Waals surface area contributed by atoms with Gasteiger partial charge in [-0.3, -0.25) is 9.79 Å². The molecule has 0 aromatic heterocycles. The molecule has 2 fully saturated rings. The molecule has 1 atom stereocenters. The molecule has 2 aliphatic heterocycles. The van der Waals surface area contributed by atoms with Gasteiger partial charge in [0.15, 0.2) is 0 Å². The smallest absolute Gasteiger partial charge is 0.274 e. The number of carbonyl (C=O) groups excluding carboxylic acids is 2. The number of amides is 1. The number of hydrogen-bond donors (Lipinski definition) is 2. The number of aliphatic hydroxyl groups excluding tert-OH is 1. The fourth-order valence-corrected chi connectivity index (χ4v) is 4.11. The van der Waals surface area contributed by atoms with Gasteiger partial charge in [-0.1, -0.05) is 69.3 Å². The largest absolute Gasteiger partial charge is 0.400 e. The van der Waals surface area contributed by atoms with Gasteiger partial charge in [0.25, 0.3) is 5.91 Å². The number of likely N-dealkylation sites (tertiary alicyclic amines) is 1. The summed E-state index contributed by atoms with van der Waals surface area (Å²) < 4.78 is 0. The maximum atomic E-state index is 13.1. The van der Waals surface area contributed by atoms with Crippen LogP contribution in [0.15, 0.2) is 71.1 Å². The van der Waals surface area contributed by atoms with Crippen molar-refractivity contribution in [2.45, 2.75) is 58.9 Å². The monoisotopic (exact) mass is 451 g/mol. The summed E-state index contributed by atoms with van der Waals surface area (Å²) in [4.78, 5) is 30.9. The van der Waals surface area contributed by atoms with Crippen LogP contribution in [-0.4, -0.2) is 47.6 Å². The van der Waals surface area contributed by atoms with E-state index in [4.69, 9.17) is 5.11 Å². The number of aliphatic hydroxyl groups is 1. The summed E-state index contributed by atoms with van der Waals surface area (Å²) in [5, 5.41) is 10.2. The molecule has 1 spiro atoms. The van der Waals surface area contributed by atoms with Gasteiger partial charge < -0.3 is 20.1 Å². The van der Waals surface area contributed by atoms with E-state index in [1.54, 1.807) is 11.0 Å². The first kappa shape index (κ1) is 26.3. The third-order valence-electron chi connectivity index (χ3n) is 5.96. The van der Waals surface area contributed by atoms with E-state index in [-0.39, 0.29) is 11.3 Å². The van der Waals surface area contributed by atoms with Crippen molar-refractivity contribution in [2.75, 3.05) is 13.7 Å². The van der Waals surface area contributed by atoms with Crippen molar-refractivity contribution in [2.24, 2.45) is 10.4 Å². The molecule has 1 aromatic carbocycles. The van der Waals surface area contributed by atoms with Gasteiger partial charge in [0, 0.05) is 24.6 Å². The van der Waals surface area contributed by atoms with Crippen LogP contribution in [0.3, 0.4) is 0 Å². The maximum Gasteiger partial charge on any atom is 0.274 e. The van der Waals surface area contributed by atoms with Crippen molar-refractivity contribution >= 4 is 17.9 Å². The molecule has 1 amide bonds. The summed E-state index contributed by atoms with van der Waals surface area (Å²) in [7, 11) is 1.00. The number of aliphatic imine (C=N–C) groups is 1. The summed E-state index contributed by atoms with van der Waals surface area (Å²) in [5.74, 6) is -0.181. The highest BCUT2D eigenvalue weighted by molar-refractivity contribution is 6.03. The molecule has 1 aromatic rings. The number of hydrogen-bond acceptors (Lipinski definition) is 5. The van der Waals surface area contributed by atoms with Gasteiger partial charge in [-0.2, -0.15) is 0 Å². The minimum atomic E-state index is -0.410. The summed E-state index contributed by atoms with van der Waals surface area (Å²) in [6.07, 6.45) is 9.49. The Bertz CT molecular complexity index is 927. The van der Waals surface area contributed by atoms with Crippen LogP contribution in [0.1, 0.15) is 58.4 Å². The molecule has 1 aliphatic carbocycles. The highest BCUT2D eigenvalue weighted by Crippen LogP contribution is 2.60. The molecular formula is C27H37N3O3. The van der Waals surface area contributed by atoms with Crippen LogP contribution in [-0.2, 0) is 9.59 Å². The molecule has 0 radical (unpaired) electrons. The molecule has 6 heteroatoms. The molecule has 1 unspecified atom stereocenters. The van der Waals surface area contributed by atoms with Crippen molar-refractivity contribution in [3.8, 4) is 0 Å². The van der Waals surface area contributed by atoms with Gasteiger partial charge in [-0.15, -0.1) is 0 Å². The van der Waals surface area contributed by atoms with E-state index in [9.17, 15) is 9.59 Å². The van der Waals surface area contributed by atoms with Gasteiger partial charge in [-0.05, 0) is 31.7 Å². The van der Waals surface area contributed by atoms with E-state index in [2.05, 4.69) is 48.9 Å². The lowest BCUT2D eigenvalue weighted by molar-refractivity contribution is -0.129. The van der Waals surface area contributed by atoms with Crippen LogP contribution in [0.5, 0.6) is 0 Å². The fourth-order valence-electron chi connectivity index (χ4n) is 4.11. The number of rotatable bonds is 6. The van der Waals surface area contributed by atoms with Crippen LogP contribution in [0.2, 0.25) is 0 Å². The van der Waals surface area contributed by atoms with E-state index < -0.39 is 6.04 Å². The van der Waals surface area contributed by atoms with Gasteiger partial charge in [-0.25, -0.2) is 0 Å². The second-order valence-electron chi connectivity index (χ2n) is 8.40. The number of benzene rings is 1. The molecule has 2 heterocycles. The summed E-state index contributed by atoms with van der Waals surface area (Å²) in [5.41, 5.74) is 4.32. The number of carbonyl (C=O) groups is 2. The minimum absolute atomic E-state index is 0.0249. The van der Waals surface area contributed by atoms with Gasteiger partial charge in [0.05, 0.1) is 29.7 Å². The number of nitrogens with zero attached hydrogens (tertiary/aromatic N) is 2. The van der Waals surface area contributed by atoms with E-state index in [0.717, 1.165) is 55.3 Å². The molecule has 6 nitrogen and oxygen atoms in total. The van der Waals surface area contributed by atoms with Crippen molar-refractivity contribution < 1.29 is 14.7 Å². The molecule has 33 heavy (non-hydrogen) atoms. The average Bonchev–Trinajstić information content (AvgIpc) is 3.38. The average molecular weight is 452 g/mol. The Morgan fingerprint density at radius 1 is 1.27 bits per heavy atom. The van der Waals surface area contributed by atoms with E-state index in [0.29, 0.717) is 18.7 Å². The Balaban J connectivity index is 0.000000714. The van der Waals surface area contributed by atoms with Gasteiger partial charge in [0.2, 0.25) is 0 Å². The molecule has 178 valence electrons. The first-order valence-electron chi connectivity index (χ1n) is 11.6. The Morgan fingerprint density at radius 3 is 2.45 bits per heavy atom. The van der Waals surface area contributed by atoms with Crippen LogP contribution in [0.4, 0.5) is 0 Å². The lowest BCUT2D eigenvalue weighted by Gasteiger charge is -2.24. The molecule has 3 aliphatic rings. The zero-order valence-electron chi connectivity index (χ0n) is 20.3. The third kappa shape index (κ3) is 6.08. The highest BCUT2D eigenvalue weighted by Gasteiger charge is 2.56. The fraction of sp³-hybridized carbons (Fsp3) is 0.444. The first-order valence-corrected chi connectivity index (χ1v) is 11.6. The van der Waals surface area contributed by atoms with Crippen molar-refractivity contribution in [1.29, 1.82) is 0 Å². The van der Waals surface area contributed by atoms with E-state index in [1.165, 1.54) is 6.42 Å². The maximum absolute atomic E-state index is 13.1. The number of nitrogens with one attached hydrogen (secondary N) is 1. The second-order valence-corrected chi connectivity index (χ2v) is 8.40. The molecule has 1 saturated carbocycles. The topological polar surface area (TPSA) is 82.0 Å². The molecular weight excluding hydrogens is 414 g/mol. The highest BCUT2D eigenvalue weighted by atomic mass is 16.2. The molecule has 1 saturated heterocycles. The predicted molar refractivity (Wildman–Crippen MR) is 134 cm³/mol.